The second-order valence-electron chi connectivity index (χ2n) is 4.64. The molecule has 1 fully saturated rings. The average molecular weight is 234 g/mol. The topological polar surface area (TPSA) is 35.5 Å². The summed E-state index contributed by atoms with van der Waals surface area (Å²) >= 11 is 0. The molecule has 1 aliphatic rings. The molecule has 0 spiro atoms. The van der Waals surface area contributed by atoms with E-state index in [1.54, 1.807) is 7.11 Å². The van der Waals surface area contributed by atoms with Crippen molar-refractivity contribution in [3.8, 4) is 5.75 Å². The molecule has 0 heterocycles. The Morgan fingerprint density at radius 1 is 1.18 bits per heavy atom. The van der Waals surface area contributed by atoms with Crippen molar-refractivity contribution in [2.45, 2.75) is 32.1 Å². The Morgan fingerprint density at radius 2 is 1.82 bits per heavy atom. The van der Waals surface area contributed by atoms with Gasteiger partial charge in [0.1, 0.15) is 5.75 Å². The van der Waals surface area contributed by atoms with Gasteiger partial charge in [-0.1, -0.05) is 6.07 Å². The Hall–Kier alpha value is -1.51. The molecule has 0 aliphatic heterocycles. The smallest absolute Gasteiger partial charge is 0.316 e. The van der Waals surface area contributed by atoms with Crippen molar-refractivity contribution in [2.75, 3.05) is 14.2 Å². The van der Waals surface area contributed by atoms with E-state index in [-0.39, 0.29) is 5.97 Å². The van der Waals surface area contributed by atoms with Crippen LogP contribution in [-0.4, -0.2) is 20.2 Å². The second-order valence-corrected chi connectivity index (χ2v) is 4.64. The minimum atomic E-state index is -0.393. The molecule has 1 aliphatic carbocycles. The highest BCUT2D eigenvalue weighted by Gasteiger charge is 2.53. The Morgan fingerprint density at radius 3 is 2.29 bits per heavy atom. The van der Waals surface area contributed by atoms with E-state index >= 15 is 0 Å². The molecule has 0 atom stereocenters. The van der Waals surface area contributed by atoms with E-state index in [1.165, 1.54) is 7.11 Å². The van der Waals surface area contributed by atoms with Crippen LogP contribution in [0, 0.1) is 13.8 Å². The zero-order valence-electron chi connectivity index (χ0n) is 10.8. The molecule has 0 N–H and O–H groups in total. The molecule has 17 heavy (non-hydrogen) atoms. The van der Waals surface area contributed by atoms with Crippen LogP contribution in [0.15, 0.2) is 12.1 Å². The van der Waals surface area contributed by atoms with Crippen molar-refractivity contribution in [2.24, 2.45) is 0 Å². The van der Waals surface area contributed by atoms with Gasteiger partial charge in [-0.15, -0.1) is 0 Å². The van der Waals surface area contributed by atoms with Gasteiger partial charge in [0.2, 0.25) is 0 Å². The van der Waals surface area contributed by atoms with E-state index < -0.39 is 5.41 Å². The van der Waals surface area contributed by atoms with Crippen molar-refractivity contribution >= 4 is 5.97 Å². The molecule has 0 saturated heterocycles. The summed E-state index contributed by atoms with van der Waals surface area (Å²) in [6.07, 6.45) is 1.76. The molecule has 2 rings (SSSR count). The molecule has 3 heteroatoms. The summed E-state index contributed by atoms with van der Waals surface area (Å²) < 4.78 is 10.2. The monoisotopic (exact) mass is 234 g/mol. The maximum Gasteiger partial charge on any atom is 0.316 e. The maximum atomic E-state index is 11.9. The number of benzene rings is 1. The van der Waals surface area contributed by atoms with Crippen LogP contribution >= 0.6 is 0 Å². The highest BCUT2D eigenvalue weighted by Crippen LogP contribution is 2.51. The summed E-state index contributed by atoms with van der Waals surface area (Å²) in [5, 5.41) is 0. The van der Waals surface area contributed by atoms with E-state index in [1.807, 2.05) is 26.0 Å². The Bertz CT molecular complexity index is 459. The molecular weight excluding hydrogens is 216 g/mol. The molecule has 0 bridgehead atoms. The number of hydrogen-bond acceptors (Lipinski definition) is 3. The first-order valence-electron chi connectivity index (χ1n) is 5.80. The zero-order valence-corrected chi connectivity index (χ0v) is 10.8. The molecule has 1 aromatic rings. The third-order valence-electron chi connectivity index (χ3n) is 3.80. The molecule has 0 aromatic heterocycles. The van der Waals surface area contributed by atoms with E-state index in [0.717, 1.165) is 35.3 Å². The normalized spacial score (nSPS) is 16.5. The van der Waals surface area contributed by atoms with Crippen LogP contribution in [0.4, 0.5) is 0 Å². The van der Waals surface area contributed by atoms with Gasteiger partial charge in [0.05, 0.1) is 19.6 Å². The summed E-state index contributed by atoms with van der Waals surface area (Å²) in [6.45, 7) is 4.06. The van der Waals surface area contributed by atoms with Crippen molar-refractivity contribution in [3.63, 3.8) is 0 Å². The van der Waals surface area contributed by atoms with Gasteiger partial charge in [0.15, 0.2) is 0 Å². The van der Waals surface area contributed by atoms with Crippen LogP contribution < -0.4 is 4.74 Å². The fourth-order valence-electron chi connectivity index (χ4n) is 2.44. The summed E-state index contributed by atoms with van der Waals surface area (Å²) in [7, 11) is 3.11. The molecule has 1 aromatic carbocycles. The maximum absolute atomic E-state index is 11.9. The molecular formula is C14H18O3. The van der Waals surface area contributed by atoms with E-state index in [4.69, 9.17) is 9.47 Å². The van der Waals surface area contributed by atoms with Gasteiger partial charge in [0, 0.05) is 0 Å². The Labute approximate surface area is 102 Å². The van der Waals surface area contributed by atoms with Gasteiger partial charge in [-0.2, -0.15) is 0 Å². The van der Waals surface area contributed by atoms with Crippen LogP contribution in [0.3, 0.4) is 0 Å². The first kappa shape index (κ1) is 12.0. The predicted octanol–water partition coefficient (Wildman–Crippen LogP) is 2.52. The summed E-state index contributed by atoms with van der Waals surface area (Å²) in [4.78, 5) is 11.9. The van der Waals surface area contributed by atoms with Crippen LogP contribution in [0.5, 0.6) is 5.75 Å². The fraction of sp³-hybridized carbons (Fsp3) is 0.500. The molecule has 0 amide bonds. The summed E-state index contributed by atoms with van der Waals surface area (Å²) in [6, 6.07) is 3.92. The van der Waals surface area contributed by atoms with Gasteiger partial charge in [-0.05, 0) is 49.4 Å². The zero-order chi connectivity index (χ0) is 12.6. The standard InChI is InChI=1S/C14H18O3/c1-9-10(2)12(16-3)6-5-11(9)14(7-8-14)13(15)17-4/h5-6H,7-8H2,1-4H3. The fourth-order valence-corrected chi connectivity index (χ4v) is 2.44. The molecule has 3 nitrogen and oxygen atoms in total. The highest BCUT2D eigenvalue weighted by molar-refractivity contribution is 5.87. The largest absolute Gasteiger partial charge is 0.496 e. The lowest BCUT2D eigenvalue weighted by atomic mass is 9.89. The number of ether oxygens (including phenoxy) is 2. The van der Waals surface area contributed by atoms with Crippen LogP contribution in [-0.2, 0) is 14.9 Å². The minimum Gasteiger partial charge on any atom is -0.496 e. The number of hydrogen-bond donors (Lipinski definition) is 0. The van der Waals surface area contributed by atoms with Crippen LogP contribution in [0.1, 0.15) is 29.5 Å². The summed E-state index contributed by atoms with van der Waals surface area (Å²) in [5.74, 6) is 0.747. The average Bonchev–Trinajstić information content (AvgIpc) is 3.13. The van der Waals surface area contributed by atoms with Crippen molar-refractivity contribution < 1.29 is 14.3 Å². The van der Waals surface area contributed by atoms with Crippen LogP contribution in [0.2, 0.25) is 0 Å². The number of rotatable bonds is 3. The van der Waals surface area contributed by atoms with E-state index in [2.05, 4.69) is 0 Å². The van der Waals surface area contributed by atoms with Gasteiger partial charge in [-0.3, -0.25) is 4.79 Å². The molecule has 92 valence electrons. The number of carbonyl (C=O) groups is 1. The quantitative estimate of drug-likeness (QED) is 0.754. The predicted molar refractivity (Wildman–Crippen MR) is 65.4 cm³/mol. The van der Waals surface area contributed by atoms with Gasteiger partial charge in [-0.25, -0.2) is 0 Å². The van der Waals surface area contributed by atoms with Gasteiger partial charge >= 0.3 is 5.97 Å². The first-order chi connectivity index (χ1) is 8.06. The third kappa shape index (κ3) is 1.70. The van der Waals surface area contributed by atoms with E-state index in [9.17, 15) is 4.79 Å². The molecule has 0 radical (unpaired) electrons. The van der Waals surface area contributed by atoms with E-state index in [0.29, 0.717) is 0 Å². The lowest BCUT2D eigenvalue weighted by molar-refractivity contribution is -0.143. The second kappa shape index (κ2) is 4.06. The Balaban J connectivity index is 2.48. The van der Waals surface area contributed by atoms with Gasteiger partial charge in [0.25, 0.3) is 0 Å². The minimum absolute atomic E-state index is 0.120. The van der Waals surface area contributed by atoms with Crippen LogP contribution in [0.25, 0.3) is 0 Å². The number of esters is 1. The highest BCUT2D eigenvalue weighted by atomic mass is 16.5. The SMILES string of the molecule is COC(=O)C1(c2ccc(OC)c(C)c2C)CC1. The lowest BCUT2D eigenvalue weighted by Crippen LogP contribution is -2.23. The first-order valence-corrected chi connectivity index (χ1v) is 5.80. The Kier molecular flexibility index (Phi) is 2.86. The van der Waals surface area contributed by atoms with Gasteiger partial charge < -0.3 is 9.47 Å². The number of carbonyl (C=O) groups excluding carboxylic acids is 1. The third-order valence-corrected chi connectivity index (χ3v) is 3.80. The van der Waals surface area contributed by atoms with Crippen molar-refractivity contribution in [1.82, 2.24) is 0 Å². The summed E-state index contributed by atoms with van der Waals surface area (Å²) in [5.41, 5.74) is 2.92. The number of methoxy groups -OCH3 is 2. The molecule has 0 unspecified atom stereocenters. The van der Waals surface area contributed by atoms with Crippen molar-refractivity contribution in [3.05, 3.63) is 28.8 Å². The van der Waals surface area contributed by atoms with Crippen molar-refractivity contribution in [1.29, 1.82) is 0 Å². The lowest BCUT2D eigenvalue weighted by Gasteiger charge is -2.18. The molecule has 1 saturated carbocycles.